The third-order valence-electron chi connectivity index (χ3n) is 9.64. The van der Waals surface area contributed by atoms with E-state index in [-0.39, 0.29) is 28.7 Å². The van der Waals surface area contributed by atoms with Gasteiger partial charge in [-0.25, -0.2) is 0 Å². The molecule has 5 N–H and O–H groups in total. The molecule has 8 nitrogen and oxygen atoms in total. The molecule has 0 bridgehead atoms. The van der Waals surface area contributed by atoms with Gasteiger partial charge in [-0.05, 0) is 60.3 Å². The van der Waals surface area contributed by atoms with Crippen molar-refractivity contribution in [3.8, 4) is 5.75 Å². The lowest BCUT2D eigenvalue weighted by Crippen LogP contribution is -2.63. The Morgan fingerprint density at radius 1 is 1.05 bits per heavy atom. The molecule has 0 radical (unpaired) electrons. The second-order valence-corrected chi connectivity index (χ2v) is 13.7. The molecule has 232 valence electrons. The maximum atomic E-state index is 13.9. The van der Waals surface area contributed by atoms with Crippen LogP contribution in [0.3, 0.4) is 0 Å². The Kier molecular flexibility index (Phi) is 7.54. The third-order valence-corrected chi connectivity index (χ3v) is 9.64. The molecule has 0 aromatic heterocycles. The van der Waals surface area contributed by atoms with E-state index in [0.29, 0.717) is 17.5 Å². The van der Waals surface area contributed by atoms with Gasteiger partial charge in [0.1, 0.15) is 22.8 Å². The first kappa shape index (κ1) is 31.4. The molecular formula is C36H40O8. The van der Waals surface area contributed by atoms with Gasteiger partial charge < -0.3 is 25.5 Å². The van der Waals surface area contributed by atoms with Crippen LogP contribution in [0.2, 0.25) is 0 Å². The zero-order chi connectivity index (χ0) is 32.6. The van der Waals surface area contributed by atoms with Crippen molar-refractivity contribution in [3.05, 3.63) is 92.8 Å². The molecule has 0 aliphatic heterocycles. The number of benzene rings is 2. The molecule has 1 saturated carbocycles. The number of allylic oxidation sites excluding steroid dienone is 2. The van der Waals surface area contributed by atoms with Crippen molar-refractivity contribution in [2.24, 2.45) is 11.8 Å². The van der Waals surface area contributed by atoms with E-state index < -0.39 is 70.3 Å². The van der Waals surface area contributed by atoms with Gasteiger partial charge in [-0.1, -0.05) is 75.7 Å². The van der Waals surface area contributed by atoms with Gasteiger partial charge >= 0.3 is 0 Å². The van der Waals surface area contributed by atoms with Gasteiger partial charge in [-0.2, -0.15) is 0 Å². The SMILES string of the molecule is C=C(Cc1ccc(C)cc1C(C)(C)C)Cc1ccc2c(c1O)C(O)=C1C(=O)[C@@]3(O)C(O)=C(C(C)=O)C(=O)C[C@H]3[C@H](O)[C@H]1[C@@H]2C. The molecule has 0 saturated heterocycles. The van der Waals surface area contributed by atoms with Crippen LogP contribution in [0.25, 0.3) is 5.76 Å². The van der Waals surface area contributed by atoms with Gasteiger partial charge in [0.2, 0.25) is 5.78 Å². The number of fused-ring (bicyclic) bond motifs is 3. The Hall–Kier alpha value is -4.01. The third kappa shape index (κ3) is 4.63. The van der Waals surface area contributed by atoms with Crippen molar-refractivity contribution in [2.75, 3.05) is 0 Å². The smallest absolute Gasteiger partial charge is 0.202 e. The number of aryl methyl sites for hydroxylation is 1. The second kappa shape index (κ2) is 10.6. The van der Waals surface area contributed by atoms with Crippen LogP contribution in [0.4, 0.5) is 0 Å². The Labute approximate surface area is 257 Å². The molecule has 3 aliphatic rings. The van der Waals surface area contributed by atoms with Crippen LogP contribution < -0.4 is 0 Å². The Balaban J connectivity index is 1.56. The summed E-state index contributed by atoms with van der Waals surface area (Å²) in [5, 5.41) is 56.9. The largest absolute Gasteiger partial charge is 0.508 e. The lowest BCUT2D eigenvalue weighted by molar-refractivity contribution is -0.160. The Morgan fingerprint density at radius 2 is 1.66 bits per heavy atom. The number of aromatic hydroxyl groups is 1. The van der Waals surface area contributed by atoms with Crippen molar-refractivity contribution in [2.45, 2.75) is 83.8 Å². The molecular weight excluding hydrogens is 560 g/mol. The molecule has 0 amide bonds. The number of ketones is 3. The fraction of sp³-hybridized carbons (Fsp3) is 0.417. The fourth-order valence-electron chi connectivity index (χ4n) is 7.44. The molecule has 3 aliphatic carbocycles. The Bertz CT molecular complexity index is 1700. The standard InChI is InChI=1S/C36H40O8/c1-16-8-9-20(23(14-16)35(5,6)7)12-17(2)13-21-10-11-22-18(3)26-29(32(41)28(22)30(21)39)34(43)36(44)24(31(26)40)15-25(38)27(19(4)37)33(36)42/h8-11,14,18,24,26,31,39-42,44H,2,12-13,15H2,1,3-7H3/t18-,24+,26+,31+,36+/m1/s1. The van der Waals surface area contributed by atoms with E-state index in [1.54, 1.807) is 19.1 Å². The van der Waals surface area contributed by atoms with Crippen LogP contribution in [-0.4, -0.2) is 54.6 Å². The number of hydrogen-bond donors (Lipinski definition) is 5. The number of hydrogen-bond acceptors (Lipinski definition) is 8. The zero-order valence-corrected chi connectivity index (χ0v) is 26.0. The monoisotopic (exact) mass is 600 g/mol. The van der Waals surface area contributed by atoms with E-state index in [1.165, 1.54) is 5.56 Å². The van der Waals surface area contributed by atoms with E-state index in [1.807, 2.05) is 6.92 Å². The number of aliphatic hydroxyl groups is 4. The minimum Gasteiger partial charge on any atom is -0.508 e. The molecule has 44 heavy (non-hydrogen) atoms. The van der Waals surface area contributed by atoms with Crippen LogP contribution >= 0.6 is 0 Å². The first-order valence-corrected chi connectivity index (χ1v) is 14.9. The predicted molar refractivity (Wildman–Crippen MR) is 165 cm³/mol. The fourth-order valence-corrected chi connectivity index (χ4v) is 7.44. The topological polar surface area (TPSA) is 152 Å². The first-order chi connectivity index (χ1) is 20.4. The molecule has 2 aromatic rings. The van der Waals surface area contributed by atoms with Crippen molar-refractivity contribution >= 4 is 23.1 Å². The van der Waals surface area contributed by atoms with Gasteiger partial charge in [0.15, 0.2) is 17.2 Å². The van der Waals surface area contributed by atoms with E-state index in [4.69, 9.17) is 0 Å². The van der Waals surface area contributed by atoms with Crippen LogP contribution in [-0.2, 0) is 32.6 Å². The number of rotatable bonds is 5. The molecule has 2 aromatic carbocycles. The van der Waals surface area contributed by atoms with Crippen molar-refractivity contribution < 1.29 is 39.9 Å². The van der Waals surface area contributed by atoms with Crippen molar-refractivity contribution in [1.82, 2.24) is 0 Å². The molecule has 5 rings (SSSR count). The van der Waals surface area contributed by atoms with Crippen LogP contribution in [0.15, 0.2) is 59.4 Å². The maximum Gasteiger partial charge on any atom is 0.202 e. The number of Topliss-reactive ketones (excluding diaryl/α,β-unsaturated/α-hetero) is 3. The van der Waals surface area contributed by atoms with Crippen LogP contribution in [0.5, 0.6) is 5.75 Å². The average Bonchev–Trinajstić information content (AvgIpc) is 2.92. The normalized spacial score (nSPS) is 26.7. The first-order valence-electron chi connectivity index (χ1n) is 14.9. The van der Waals surface area contributed by atoms with E-state index in [0.717, 1.165) is 23.6 Å². The Morgan fingerprint density at radius 3 is 2.27 bits per heavy atom. The van der Waals surface area contributed by atoms with Crippen molar-refractivity contribution in [1.29, 1.82) is 0 Å². The number of aliphatic hydroxyl groups excluding tert-OH is 3. The van der Waals surface area contributed by atoms with Crippen LogP contribution in [0.1, 0.15) is 80.3 Å². The van der Waals surface area contributed by atoms with Crippen LogP contribution in [0, 0.1) is 18.8 Å². The summed E-state index contributed by atoms with van der Waals surface area (Å²) in [6.07, 6.45) is -1.20. The highest BCUT2D eigenvalue weighted by Gasteiger charge is 2.64. The summed E-state index contributed by atoms with van der Waals surface area (Å²) in [5.41, 5.74) is 1.35. The number of carbonyl (C=O) groups excluding carboxylic acids is 3. The van der Waals surface area contributed by atoms with Gasteiger partial charge in [0.05, 0.1) is 11.7 Å². The summed E-state index contributed by atoms with van der Waals surface area (Å²) < 4.78 is 0. The lowest BCUT2D eigenvalue weighted by Gasteiger charge is -2.50. The number of carbonyl (C=O) groups is 3. The quantitative estimate of drug-likeness (QED) is 0.237. The van der Waals surface area contributed by atoms with Gasteiger partial charge in [-0.15, -0.1) is 0 Å². The summed E-state index contributed by atoms with van der Waals surface area (Å²) in [6.45, 7) is 15.5. The summed E-state index contributed by atoms with van der Waals surface area (Å²) in [4.78, 5) is 38.8. The molecule has 1 fully saturated rings. The average molecular weight is 601 g/mol. The predicted octanol–water partition coefficient (Wildman–Crippen LogP) is 5.01. The number of phenols is 1. The highest BCUT2D eigenvalue weighted by molar-refractivity contribution is 6.23. The summed E-state index contributed by atoms with van der Waals surface area (Å²) in [5.74, 6) is -7.77. The molecule has 0 heterocycles. The molecule has 0 spiro atoms. The summed E-state index contributed by atoms with van der Waals surface area (Å²) >= 11 is 0. The van der Waals surface area contributed by atoms with Crippen molar-refractivity contribution in [3.63, 3.8) is 0 Å². The second-order valence-electron chi connectivity index (χ2n) is 13.7. The lowest BCUT2D eigenvalue weighted by atomic mass is 9.55. The van der Waals surface area contributed by atoms with E-state index in [9.17, 15) is 39.9 Å². The maximum absolute atomic E-state index is 13.9. The minimum atomic E-state index is -2.79. The minimum absolute atomic E-state index is 0.00418. The van der Waals surface area contributed by atoms with Gasteiger partial charge in [0, 0.05) is 23.8 Å². The summed E-state index contributed by atoms with van der Waals surface area (Å²) in [7, 11) is 0. The van der Waals surface area contributed by atoms with Gasteiger partial charge in [-0.3, -0.25) is 14.4 Å². The number of phenolic OH excluding ortho intramolecular Hbond substituents is 1. The highest BCUT2D eigenvalue weighted by Crippen LogP contribution is 2.56. The molecule has 0 unspecified atom stereocenters. The van der Waals surface area contributed by atoms with Gasteiger partial charge in [0.25, 0.3) is 0 Å². The zero-order valence-electron chi connectivity index (χ0n) is 26.0. The highest BCUT2D eigenvalue weighted by atomic mass is 16.4. The summed E-state index contributed by atoms with van der Waals surface area (Å²) in [6, 6.07) is 9.78. The molecule has 5 atom stereocenters. The van der Waals surface area contributed by atoms with E-state index >= 15 is 0 Å². The molecule has 8 heteroatoms. The van der Waals surface area contributed by atoms with E-state index in [2.05, 4.69) is 45.5 Å².